The van der Waals surface area contributed by atoms with Gasteiger partial charge in [0.25, 0.3) is 5.91 Å². The first-order chi connectivity index (χ1) is 16.4. The number of nitrogens with zero attached hydrogens (tertiary/aromatic N) is 2. The average Bonchev–Trinajstić information content (AvgIpc) is 3.45. The Balaban J connectivity index is 1.28. The molecule has 1 aliphatic heterocycles. The van der Waals surface area contributed by atoms with Gasteiger partial charge < -0.3 is 15.4 Å². The lowest BCUT2D eigenvalue weighted by molar-refractivity contribution is -0.134. The number of urea groups is 1. The summed E-state index contributed by atoms with van der Waals surface area (Å²) >= 11 is 1.34. The Bertz CT molecular complexity index is 1290. The fourth-order valence-corrected chi connectivity index (χ4v) is 5.48. The molecule has 2 aromatic carbocycles. The molecule has 1 atom stereocenters. The van der Waals surface area contributed by atoms with Crippen LogP contribution < -0.4 is 15.4 Å². The van der Waals surface area contributed by atoms with E-state index in [9.17, 15) is 14.4 Å². The molecule has 0 radical (unpaired) electrons. The average molecular weight is 477 g/mol. The summed E-state index contributed by atoms with van der Waals surface area (Å²) in [7, 11) is 0. The predicted octanol–water partition coefficient (Wildman–Crippen LogP) is 3.85. The van der Waals surface area contributed by atoms with Gasteiger partial charge in [0, 0.05) is 10.4 Å². The van der Waals surface area contributed by atoms with Gasteiger partial charge in [-0.15, -0.1) is 11.3 Å². The molecule has 0 bridgehead atoms. The number of carbonyl (C=O) groups excluding carboxylic acids is 3. The third kappa shape index (κ3) is 3.71. The van der Waals surface area contributed by atoms with Crippen LogP contribution in [0.4, 0.5) is 9.93 Å². The van der Waals surface area contributed by atoms with Gasteiger partial charge in [-0.25, -0.2) is 9.78 Å². The molecule has 174 valence electrons. The van der Waals surface area contributed by atoms with Crippen molar-refractivity contribution >= 4 is 34.3 Å². The molecule has 3 aromatic rings. The van der Waals surface area contributed by atoms with Crippen molar-refractivity contribution in [3.63, 3.8) is 0 Å². The van der Waals surface area contributed by atoms with Crippen molar-refractivity contribution in [3.8, 4) is 17.0 Å². The molecule has 1 spiro atoms. The molecule has 1 aliphatic carbocycles. The van der Waals surface area contributed by atoms with Gasteiger partial charge in [-0.1, -0.05) is 24.3 Å². The van der Waals surface area contributed by atoms with E-state index < -0.39 is 17.5 Å². The number of fused-ring (bicyclic) bond motifs is 2. The van der Waals surface area contributed by atoms with E-state index >= 15 is 0 Å². The van der Waals surface area contributed by atoms with E-state index in [1.165, 1.54) is 11.3 Å². The second kappa shape index (κ2) is 8.57. The van der Waals surface area contributed by atoms with E-state index in [0.29, 0.717) is 24.6 Å². The summed E-state index contributed by atoms with van der Waals surface area (Å²) in [5, 5.41) is 5.99. The molecule has 2 N–H and O–H groups in total. The number of benzene rings is 2. The van der Waals surface area contributed by atoms with Gasteiger partial charge in [-0.2, -0.15) is 0 Å². The first kappa shape index (κ1) is 22.1. The summed E-state index contributed by atoms with van der Waals surface area (Å²) in [5.74, 6) is -0.0781. The van der Waals surface area contributed by atoms with Gasteiger partial charge in [0.1, 0.15) is 17.8 Å². The predicted molar refractivity (Wildman–Crippen MR) is 129 cm³/mol. The Hall–Kier alpha value is -3.72. The summed E-state index contributed by atoms with van der Waals surface area (Å²) in [6, 6.07) is 14.7. The molecule has 2 aliphatic rings. The van der Waals surface area contributed by atoms with E-state index in [1.54, 1.807) is 0 Å². The second-order valence-corrected chi connectivity index (χ2v) is 9.52. The summed E-state index contributed by atoms with van der Waals surface area (Å²) in [6.07, 6.45) is 1.20. The molecular formula is C25H24N4O4S. The lowest BCUT2D eigenvalue weighted by atomic mass is 9.92. The second-order valence-electron chi connectivity index (χ2n) is 8.31. The number of nitrogens with one attached hydrogen (secondary N) is 2. The van der Waals surface area contributed by atoms with Crippen LogP contribution >= 0.6 is 11.3 Å². The highest BCUT2D eigenvalue weighted by Crippen LogP contribution is 2.41. The van der Waals surface area contributed by atoms with E-state index in [1.807, 2.05) is 62.4 Å². The van der Waals surface area contributed by atoms with Crippen LogP contribution in [0.2, 0.25) is 0 Å². The number of ether oxygens (including phenoxy) is 1. The fourth-order valence-electron chi connectivity index (χ4n) is 4.63. The largest absolute Gasteiger partial charge is 0.494 e. The normalized spacial score (nSPS) is 18.8. The highest BCUT2D eigenvalue weighted by molar-refractivity contribution is 7.16. The van der Waals surface area contributed by atoms with Crippen molar-refractivity contribution in [2.45, 2.75) is 32.2 Å². The van der Waals surface area contributed by atoms with Crippen LogP contribution in [0.5, 0.6) is 5.75 Å². The van der Waals surface area contributed by atoms with E-state index in [-0.39, 0.29) is 12.5 Å². The van der Waals surface area contributed by atoms with Crippen molar-refractivity contribution in [1.82, 2.24) is 15.2 Å². The highest BCUT2D eigenvalue weighted by Gasteiger charge is 2.55. The van der Waals surface area contributed by atoms with Gasteiger partial charge in [0.15, 0.2) is 5.13 Å². The maximum Gasteiger partial charge on any atom is 0.325 e. The monoisotopic (exact) mass is 476 g/mol. The Kier molecular flexibility index (Phi) is 5.57. The van der Waals surface area contributed by atoms with Gasteiger partial charge in [0.05, 0.1) is 12.3 Å². The Morgan fingerprint density at radius 2 is 1.97 bits per heavy atom. The number of hydrogen-bond acceptors (Lipinski definition) is 6. The maximum absolute atomic E-state index is 13.2. The smallest absolute Gasteiger partial charge is 0.325 e. The minimum atomic E-state index is -1.08. The summed E-state index contributed by atoms with van der Waals surface area (Å²) < 4.78 is 5.48. The van der Waals surface area contributed by atoms with Crippen molar-refractivity contribution in [2.24, 2.45) is 0 Å². The van der Waals surface area contributed by atoms with E-state index in [2.05, 4.69) is 15.6 Å². The van der Waals surface area contributed by atoms with Crippen molar-refractivity contribution in [3.05, 3.63) is 64.5 Å². The fraction of sp³-hybridized carbons (Fsp3) is 0.280. The first-order valence-corrected chi connectivity index (χ1v) is 12.0. The van der Waals surface area contributed by atoms with Gasteiger partial charge in [0.2, 0.25) is 5.91 Å². The standard InChI is InChI=1S/C25H24N4O4S/c1-3-33-18-10-8-17(9-11-18)21-15(2)34-23(27-21)26-20(30)14-29-22(31)25(28-24(29)32)13-12-16-6-4-5-7-19(16)25/h4-11H,3,12-14H2,1-2H3,(H,28,32)(H,26,27,30). The van der Waals surface area contributed by atoms with Gasteiger partial charge in [-0.05, 0) is 62.1 Å². The number of carbonyl (C=O) groups is 3. The zero-order valence-electron chi connectivity index (χ0n) is 18.9. The minimum absolute atomic E-state index is 0.369. The van der Waals surface area contributed by atoms with Crippen LogP contribution in [-0.2, 0) is 21.5 Å². The van der Waals surface area contributed by atoms with Crippen LogP contribution in [0.3, 0.4) is 0 Å². The van der Waals surface area contributed by atoms with Crippen molar-refractivity contribution < 1.29 is 19.1 Å². The number of amides is 4. The maximum atomic E-state index is 13.2. The van der Waals surface area contributed by atoms with Crippen LogP contribution in [-0.4, -0.2) is 40.9 Å². The number of aryl methyl sites for hydroxylation is 2. The lowest BCUT2D eigenvalue weighted by Crippen LogP contribution is -2.42. The van der Waals surface area contributed by atoms with Crippen molar-refractivity contribution in [1.29, 1.82) is 0 Å². The molecule has 34 heavy (non-hydrogen) atoms. The number of rotatable bonds is 6. The topological polar surface area (TPSA) is 101 Å². The molecule has 1 saturated heterocycles. The van der Waals surface area contributed by atoms with Gasteiger partial charge >= 0.3 is 6.03 Å². The van der Waals surface area contributed by atoms with Crippen LogP contribution in [0, 0.1) is 6.92 Å². The van der Waals surface area contributed by atoms with E-state index in [4.69, 9.17) is 4.74 Å². The van der Waals surface area contributed by atoms with Crippen LogP contribution in [0.25, 0.3) is 11.3 Å². The Labute approximate surface area is 201 Å². The van der Waals surface area contributed by atoms with Crippen LogP contribution in [0.15, 0.2) is 48.5 Å². The summed E-state index contributed by atoms with van der Waals surface area (Å²) in [5.41, 5.74) is 2.45. The third-order valence-electron chi connectivity index (χ3n) is 6.21. The molecular weight excluding hydrogens is 452 g/mol. The highest BCUT2D eigenvalue weighted by atomic mass is 32.1. The van der Waals surface area contributed by atoms with Crippen LogP contribution in [0.1, 0.15) is 29.3 Å². The molecule has 5 rings (SSSR count). The molecule has 1 unspecified atom stereocenters. The Morgan fingerprint density at radius 1 is 1.21 bits per heavy atom. The van der Waals surface area contributed by atoms with E-state index in [0.717, 1.165) is 37.9 Å². The number of aromatic nitrogens is 1. The van der Waals surface area contributed by atoms with Crippen molar-refractivity contribution in [2.75, 3.05) is 18.5 Å². The zero-order chi connectivity index (χ0) is 23.9. The molecule has 4 amide bonds. The number of imide groups is 1. The first-order valence-electron chi connectivity index (χ1n) is 11.1. The molecule has 1 aromatic heterocycles. The molecule has 0 saturated carbocycles. The molecule has 2 heterocycles. The zero-order valence-corrected chi connectivity index (χ0v) is 19.7. The summed E-state index contributed by atoms with van der Waals surface area (Å²) in [4.78, 5) is 45.1. The quantitative estimate of drug-likeness (QED) is 0.527. The molecule has 1 fully saturated rings. The Morgan fingerprint density at radius 3 is 2.74 bits per heavy atom. The summed E-state index contributed by atoms with van der Waals surface area (Å²) in [6.45, 7) is 4.08. The molecule has 8 nitrogen and oxygen atoms in total. The number of hydrogen-bond donors (Lipinski definition) is 2. The van der Waals surface area contributed by atoms with Gasteiger partial charge in [-0.3, -0.25) is 14.5 Å². The third-order valence-corrected chi connectivity index (χ3v) is 7.09. The number of anilines is 1. The number of thiazole rings is 1. The SMILES string of the molecule is CCOc1ccc(-c2nc(NC(=O)CN3C(=O)NC4(CCc5ccccc54)C3=O)sc2C)cc1. The minimum Gasteiger partial charge on any atom is -0.494 e. The molecule has 9 heteroatoms. The lowest BCUT2D eigenvalue weighted by Gasteiger charge is -2.22.